The van der Waals surface area contributed by atoms with E-state index in [9.17, 15) is 0 Å². The Morgan fingerprint density at radius 2 is 2.17 bits per heavy atom. The zero-order valence-corrected chi connectivity index (χ0v) is 10.8. The van der Waals surface area contributed by atoms with Gasteiger partial charge >= 0.3 is 0 Å². The first kappa shape index (κ1) is 11.2. The molecule has 0 atom stereocenters. The monoisotopic (exact) mass is 262 g/mol. The van der Waals surface area contributed by atoms with Crippen LogP contribution in [0.4, 0.5) is 0 Å². The average molecular weight is 263 g/mol. The number of halogens is 1. The smallest absolute Gasteiger partial charge is 0.165 e. The van der Waals surface area contributed by atoms with E-state index in [-0.39, 0.29) is 0 Å². The summed E-state index contributed by atoms with van der Waals surface area (Å²) in [6.07, 6.45) is 5.17. The summed E-state index contributed by atoms with van der Waals surface area (Å²) in [5.41, 5.74) is 2.27. The highest BCUT2D eigenvalue weighted by Crippen LogP contribution is 2.24. The molecule has 0 spiro atoms. The minimum absolute atomic E-state index is 0.365. The quantitative estimate of drug-likeness (QED) is 0.662. The second-order valence-corrected chi connectivity index (χ2v) is 4.27. The molecule has 0 aliphatic rings. The molecular weight excluding hydrogens is 252 g/mol. The Kier molecular flexibility index (Phi) is 2.52. The standard InChI is InChI=1S/C11H11ClN6/c1-3-18-5-7(4-15-18)10-16-8-9(12)13-6-14-11(8)17(10)2/h4-6H,3H2,1-2H3. The van der Waals surface area contributed by atoms with E-state index in [1.807, 2.05) is 29.4 Å². The predicted octanol–water partition coefficient (Wildman–Crippen LogP) is 1.90. The Balaban J connectivity index is 2.23. The van der Waals surface area contributed by atoms with Crippen molar-refractivity contribution in [2.24, 2.45) is 7.05 Å². The minimum Gasteiger partial charge on any atom is -0.312 e. The number of hydrogen-bond acceptors (Lipinski definition) is 4. The molecule has 7 heteroatoms. The van der Waals surface area contributed by atoms with Gasteiger partial charge in [0, 0.05) is 19.8 Å². The largest absolute Gasteiger partial charge is 0.312 e. The van der Waals surface area contributed by atoms with Crippen LogP contribution in [0, 0.1) is 0 Å². The molecule has 92 valence electrons. The van der Waals surface area contributed by atoms with Gasteiger partial charge in [-0.15, -0.1) is 0 Å². The summed E-state index contributed by atoms with van der Waals surface area (Å²) in [6, 6.07) is 0. The van der Waals surface area contributed by atoms with E-state index in [4.69, 9.17) is 11.6 Å². The average Bonchev–Trinajstić information content (AvgIpc) is 2.96. The van der Waals surface area contributed by atoms with Gasteiger partial charge in [0.25, 0.3) is 0 Å². The molecule has 0 bridgehead atoms. The van der Waals surface area contributed by atoms with Crippen LogP contribution in [0.2, 0.25) is 5.15 Å². The highest BCUT2D eigenvalue weighted by atomic mass is 35.5. The van der Waals surface area contributed by atoms with Crippen LogP contribution in [0.15, 0.2) is 18.7 Å². The van der Waals surface area contributed by atoms with Crippen LogP contribution in [0.1, 0.15) is 6.92 Å². The van der Waals surface area contributed by atoms with Gasteiger partial charge in [-0.2, -0.15) is 5.10 Å². The Morgan fingerprint density at radius 3 is 2.83 bits per heavy atom. The molecule has 0 fully saturated rings. The molecular formula is C11H11ClN6. The van der Waals surface area contributed by atoms with Gasteiger partial charge in [0.2, 0.25) is 0 Å². The van der Waals surface area contributed by atoms with Crippen LogP contribution in [-0.4, -0.2) is 29.3 Å². The molecule has 0 saturated carbocycles. The van der Waals surface area contributed by atoms with Gasteiger partial charge in [0.05, 0.1) is 11.8 Å². The molecule has 0 aliphatic heterocycles. The molecule has 0 aromatic carbocycles. The van der Waals surface area contributed by atoms with Crippen molar-refractivity contribution >= 4 is 22.8 Å². The van der Waals surface area contributed by atoms with E-state index < -0.39 is 0 Å². The lowest BCUT2D eigenvalue weighted by atomic mass is 10.3. The number of rotatable bonds is 2. The third-order valence-electron chi connectivity index (χ3n) is 2.83. The Bertz CT molecular complexity index is 713. The highest BCUT2D eigenvalue weighted by Gasteiger charge is 2.14. The summed E-state index contributed by atoms with van der Waals surface area (Å²) in [5.74, 6) is 0.784. The third-order valence-corrected chi connectivity index (χ3v) is 3.10. The number of aryl methyl sites for hydroxylation is 2. The molecule has 0 saturated heterocycles. The fourth-order valence-electron chi connectivity index (χ4n) is 1.88. The van der Waals surface area contributed by atoms with Gasteiger partial charge in [-0.1, -0.05) is 11.6 Å². The maximum absolute atomic E-state index is 6.01. The van der Waals surface area contributed by atoms with Gasteiger partial charge in [0.1, 0.15) is 17.7 Å². The van der Waals surface area contributed by atoms with E-state index in [1.54, 1.807) is 6.20 Å². The van der Waals surface area contributed by atoms with Crippen molar-refractivity contribution in [2.75, 3.05) is 0 Å². The maximum atomic E-state index is 6.01. The highest BCUT2D eigenvalue weighted by molar-refractivity contribution is 6.33. The summed E-state index contributed by atoms with van der Waals surface area (Å²) >= 11 is 6.01. The molecule has 3 aromatic rings. The lowest BCUT2D eigenvalue weighted by molar-refractivity contribution is 0.660. The van der Waals surface area contributed by atoms with Gasteiger partial charge in [-0.05, 0) is 6.92 Å². The number of nitrogens with zero attached hydrogens (tertiary/aromatic N) is 6. The zero-order chi connectivity index (χ0) is 12.7. The zero-order valence-electron chi connectivity index (χ0n) is 10.0. The van der Waals surface area contributed by atoms with Crippen LogP contribution in [0.25, 0.3) is 22.6 Å². The van der Waals surface area contributed by atoms with Crippen molar-refractivity contribution in [3.05, 3.63) is 23.9 Å². The second kappa shape index (κ2) is 4.06. The van der Waals surface area contributed by atoms with Crippen molar-refractivity contribution in [1.82, 2.24) is 29.3 Å². The predicted molar refractivity (Wildman–Crippen MR) is 68.2 cm³/mol. The Hall–Kier alpha value is -1.95. The van der Waals surface area contributed by atoms with Crippen molar-refractivity contribution in [1.29, 1.82) is 0 Å². The molecule has 18 heavy (non-hydrogen) atoms. The van der Waals surface area contributed by atoms with Crippen LogP contribution in [-0.2, 0) is 13.6 Å². The van der Waals surface area contributed by atoms with Crippen molar-refractivity contribution < 1.29 is 0 Å². The number of imidazole rings is 1. The third kappa shape index (κ3) is 1.57. The maximum Gasteiger partial charge on any atom is 0.165 e. The first-order valence-corrected chi connectivity index (χ1v) is 5.94. The van der Waals surface area contributed by atoms with Crippen LogP contribution >= 0.6 is 11.6 Å². The van der Waals surface area contributed by atoms with E-state index in [0.717, 1.165) is 17.9 Å². The lowest BCUT2D eigenvalue weighted by Crippen LogP contribution is -1.94. The van der Waals surface area contributed by atoms with Gasteiger partial charge in [-0.3, -0.25) is 4.68 Å². The molecule has 0 aliphatic carbocycles. The van der Waals surface area contributed by atoms with E-state index in [0.29, 0.717) is 16.3 Å². The second-order valence-electron chi connectivity index (χ2n) is 3.92. The first-order chi connectivity index (χ1) is 8.70. The van der Waals surface area contributed by atoms with Crippen LogP contribution in [0.3, 0.4) is 0 Å². The first-order valence-electron chi connectivity index (χ1n) is 5.56. The Labute approximate surface area is 108 Å². The molecule has 0 unspecified atom stereocenters. The summed E-state index contributed by atoms with van der Waals surface area (Å²) in [5, 5.41) is 4.60. The number of fused-ring (bicyclic) bond motifs is 1. The molecule has 0 radical (unpaired) electrons. The van der Waals surface area contributed by atoms with Crippen molar-refractivity contribution in [2.45, 2.75) is 13.5 Å². The van der Waals surface area contributed by atoms with E-state index >= 15 is 0 Å². The molecule has 6 nitrogen and oxygen atoms in total. The fraction of sp³-hybridized carbons (Fsp3) is 0.273. The van der Waals surface area contributed by atoms with E-state index in [2.05, 4.69) is 20.1 Å². The van der Waals surface area contributed by atoms with Gasteiger partial charge < -0.3 is 4.57 Å². The van der Waals surface area contributed by atoms with Gasteiger partial charge in [0.15, 0.2) is 10.8 Å². The molecule has 3 aromatic heterocycles. The summed E-state index contributed by atoms with van der Waals surface area (Å²) in [4.78, 5) is 12.6. The van der Waals surface area contributed by atoms with Crippen molar-refractivity contribution in [3.8, 4) is 11.4 Å². The van der Waals surface area contributed by atoms with Crippen LogP contribution < -0.4 is 0 Å². The number of hydrogen-bond donors (Lipinski definition) is 0. The van der Waals surface area contributed by atoms with Crippen LogP contribution in [0.5, 0.6) is 0 Å². The summed E-state index contributed by atoms with van der Waals surface area (Å²) < 4.78 is 3.74. The van der Waals surface area contributed by atoms with Crippen molar-refractivity contribution in [3.63, 3.8) is 0 Å². The fourth-order valence-corrected chi connectivity index (χ4v) is 2.05. The molecule has 0 amide bonds. The minimum atomic E-state index is 0.365. The molecule has 3 heterocycles. The van der Waals surface area contributed by atoms with E-state index in [1.165, 1.54) is 6.33 Å². The molecule has 0 N–H and O–H groups in total. The molecule has 3 rings (SSSR count). The SMILES string of the molecule is CCn1cc(-c2nc3c(Cl)ncnc3n2C)cn1. The Morgan fingerprint density at radius 1 is 1.33 bits per heavy atom. The topological polar surface area (TPSA) is 61.4 Å². The summed E-state index contributed by atoms with van der Waals surface area (Å²) in [7, 11) is 1.90. The summed E-state index contributed by atoms with van der Waals surface area (Å²) in [6.45, 7) is 2.86. The lowest BCUT2D eigenvalue weighted by Gasteiger charge is -1.97. The van der Waals surface area contributed by atoms with Gasteiger partial charge in [-0.25, -0.2) is 15.0 Å². The normalized spacial score (nSPS) is 11.3. The number of aromatic nitrogens is 6.